The molecule has 0 heterocycles. The maximum atomic E-state index is 13.1. The maximum absolute atomic E-state index is 13.1. The fourth-order valence-electron chi connectivity index (χ4n) is 1.91. The van der Waals surface area contributed by atoms with Crippen LogP contribution in [0.4, 0.5) is 4.39 Å². The third kappa shape index (κ3) is 3.77. The van der Waals surface area contributed by atoms with E-state index in [2.05, 4.69) is 0 Å². The standard InChI is InChI=1S/C13H19ClFNOS/c1-3-5-12(16)13(4-2)18(17)9-6-7-11(15)10(14)8-9/h6-8,12-13H,3-5,16H2,1-2H3. The lowest BCUT2D eigenvalue weighted by Gasteiger charge is -2.21. The van der Waals surface area contributed by atoms with Crippen molar-refractivity contribution in [1.29, 1.82) is 0 Å². The average molecular weight is 292 g/mol. The Kier molecular flexibility index (Phi) is 6.26. The summed E-state index contributed by atoms with van der Waals surface area (Å²) in [5, 5.41) is -0.119. The van der Waals surface area contributed by atoms with E-state index in [1.165, 1.54) is 18.2 Å². The van der Waals surface area contributed by atoms with Gasteiger partial charge in [0.2, 0.25) is 0 Å². The molecule has 0 aromatic heterocycles. The molecule has 0 aliphatic rings. The fourth-order valence-corrected chi connectivity index (χ4v) is 3.70. The molecule has 1 rings (SSSR count). The molecule has 0 aliphatic heterocycles. The van der Waals surface area contributed by atoms with Gasteiger partial charge < -0.3 is 5.73 Å². The fraction of sp³-hybridized carbons (Fsp3) is 0.538. The first kappa shape index (κ1) is 15.6. The molecule has 0 spiro atoms. The lowest BCUT2D eigenvalue weighted by molar-refractivity contribution is 0.549. The number of rotatable bonds is 6. The van der Waals surface area contributed by atoms with Crippen molar-refractivity contribution in [1.82, 2.24) is 0 Å². The van der Waals surface area contributed by atoms with Crippen LogP contribution < -0.4 is 5.73 Å². The Morgan fingerprint density at radius 1 is 1.44 bits per heavy atom. The quantitative estimate of drug-likeness (QED) is 0.872. The monoisotopic (exact) mass is 291 g/mol. The van der Waals surface area contributed by atoms with E-state index in [9.17, 15) is 8.60 Å². The van der Waals surface area contributed by atoms with Crippen LogP contribution in [0.15, 0.2) is 23.1 Å². The molecule has 0 aliphatic carbocycles. The molecule has 1 aromatic carbocycles. The minimum atomic E-state index is -1.25. The zero-order valence-electron chi connectivity index (χ0n) is 10.7. The summed E-state index contributed by atoms with van der Waals surface area (Å²) in [5.41, 5.74) is 6.05. The van der Waals surface area contributed by atoms with Gasteiger partial charge in [-0.15, -0.1) is 0 Å². The first-order valence-electron chi connectivity index (χ1n) is 6.12. The van der Waals surface area contributed by atoms with Gasteiger partial charge in [-0.05, 0) is 31.0 Å². The Morgan fingerprint density at radius 3 is 2.61 bits per heavy atom. The van der Waals surface area contributed by atoms with Crippen molar-refractivity contribution in [2.45, 2.75) is 49.3 Å². The molecule has 0 saturated carbocycles. The van der Waals surface area contributed by atoms with Crippen LogP contribution in [0.5, 0.6) is 0 Å². The van der Waals surface area contributed by atoms with Crippen molar-refractivity contribution in [2.24, 2.45) is 5.73 Å². The number of hydrogen-bond donors (Lipinski definition) is 1. The highest BCUT2D eigenvalue weighted by atomic mass is 35.5. The highest BCUT2D eigenvalue weighted by Gasteiger charge is 2.23. The van der Waals surface area contributed by atoms with Crippen molar-refractivity contribution in [3.05, 3.63) is 29.0 Å². The maximum Gasteiger partial charge on any atom is 0.141 e. The number of hydrogen-bond acceptors (Lipinski definition) is 2. The minimum absolute atomic E-state index is 0.000217. The second-order valence-electron chi connectivity index (χ2n) is 4.27. The SMILES string of the molecule is CCCC(N)C(CC)S(=O)c1ccc(F)c(Cl)c1. The highest BCUT2D eigenvalue weighted by Crippen LogP contribution is 2.23. The normalized spacial score (nSPS) is 16.3. The molecule has 5 heteroatoms. The first-order valence-corrected chi connectivity index (χ1v) is 7.71. The van der Waals surface area contributed by atoms with Crippen LogP contribution >= 0.6 is 11.6 Å². The number of nitrogens with two attached hydrogens (primary N) is 1. The van der Waals surface area contributed by atoms with E-state index >= 15 is 0 Å². The Hall–Kier alpha value is -0.450. The van der Waals surface area contributed by atoms with E-state index in [4.69, 9.17) is 17.3 Å². The molecule has 2 N–H and O–H groups in total. The molecular weight excluding hydrogens is 273 g/mol. The molecular formula is C13H19ClFNOS. The molecule has 0 saturated heterocycles. The molecule has 0 fully saturated rings. The van der Waals surface area contributed by atoms with Gasteiger partial charge in [0.25, 0.3) is 0 Å². The summed E-state index contributed by atoms with van der Waals surface area (Å²) in [6.45, 7) is 4.01. The van der Waals surface area contributed by atoms with Crippen LogP contribution in [0, 0.1) is 5.82 Å². The number of halogens is 2. The third-order valence-electron chi connectivity index (χ3n) is 2.90. The molecule has 0 radical (unpaired) electrons. The molecule has 0 amide bonds. The Balaban J connectivity index is 2.92. The largest absolute Gasteiger partial charge is 0.327 e. The average Bonchev–Trinajstić information content (AvgIpc) is 2.33. The van der Waals surface area contributed by atoms with Gasteiger partial charge in [0.1, 0.15) is 5.82 Å². The van der Waals surface area contributed by atoms with Crippen LogP contribution in [-0.2, 0) is 10.8 Å². The molecule has 2 nitrogen and oxygen atoms in total. The smallest absolute Gasteiger partial charge is 0.141 e. The van der Waals surface area contributed by atoms with Crippen LogP contribution in [0.25, 0.3) is 0 Å². The molecule has 1 aromatic rings. The lowest BCUT2D eigenvalue weighted by Crippen LogP contribution is -2.37. The van der Waals surface area contributed by atoms with E-state index < -0.39 is 16.6 Å². The van der Waals surface area contributed by atoms with Gasteiger partial charge in [-0.3, -0.25) is 4.21 Å². The van der Waals surface area contributed by atoms with Crippen molar-refractivity contribution in [3.8, 4) is 0 Å². The van der Waals surface area contributed by atoms with Crippen LogP contribution in [0.1, 0.15) is 33.1 Å². The van der Waals surface area contributed by atoms with Gasteiger partial charge >= 0.3 is 0 Å². The topological polar surface area (TPSA) is 43.1 Å². The summed E-state index contributed by atoms with van der Waals surface area (Å²) in [5.74, 6) is -0.497. The molecule has 3 atom stereocenters. The van der Waals surface area contributed by atoms with Gasteiger partial charge in [-0.25, -0.2) is 4.39 Å². The lowest BCUT2D eigenvalue weighted by atomic mass is 10.1. The predicted molar refractivity (Wildman–Crippen MR) is 74.8 cm³/mol. The van der Waals surface area contributed by atoms with E-state index in [1.54, 1.807) is 0 Å². The summed E-state index contributed by atoms with van der Waals surface area (Å²) >= 11 is 5.71. The highest BCUT2D eigenvalue weighted by molar-refractivity contribution is 7.85. The zero-order chi connectivity index (χ0) is 13.7. The summed E-state index contributed by atoms with van der Waals surface area (Å²) in [7, 11) is -1.25. The Labute approximate surface area is 115 Å². The van der Waals surface area contributed by atoms with Gasteiger partial charge in [0.05, 0.1) is 21.1 Å². The van der Waals surface area contributed by atoms with Gasteiger partial charge in [-0.2, -0.15) is 0 Å². The van der Waals surface area contributed by atoms with Gasteiger partial charge in [0.15, 0.2) is 0 Å². The predicted octanol–water partition coefficient (Wildman–Crippen LogP) is 3.49. The summed E-state index contributed by atoms with van der Waals surface area (Å²) in [4.78, 5) is 0.541. The van der Waals surface area contributed by atoms with Crippen LogP contribution in [0.2, 0.25) is 5.02 Å². The summed E-state index contributed by atoms with van der Waals surface area (Å²) in [6, 6.07) is 4.07. The Bertz CT molecular complexity index is 427. The second kappa shape index (κ2) is 7.22. The van der Waals surface area contributed by atoms with Crippen molar-refractivity contribution in [2.75, 3.05) is 0 Å². The minimum Gasteiger partial charge on any atom is -0.327 e. The molecule has 102 valence electrons. The Morgan fingerprint density at radius 2 is 2.11 bits per heavy atom. The van der Waals surface area contributed by atoms with E-state index in [0.717, 1.165) is 19.3 Å². The number of benzene rings is 1. The van der Waals surface area contributed by atoms with E-state index in [-0.39, 0.29) is 16.3 Å². The van der Waals surface area contributed by atoms with Crippen molar-refractivity contribution < 1.29 is 8.60 Å². The van der Waals surface area contributed by atoms with Gasteiger partial charge in [-0.1, -0.05) is 31.9 Å². The van der Waals surface area contributed by atoms with E-state index in [1.807, 2.05) is 13.8 Å². The summed E-state index contributed by atoms with van der Waals surface area (Å²) < 4.78 is 25.5. The van der Waals surface area contributed by atoms with E-state index in [0.29, 0.717) is 4.90 Å². The molecule has 0 bridgehead atoms. The summed E-state index contributed by atoms with van der Waals surface area (Å²) in [6.07, 6.45) is 2.51. The molecule has 3 unspecified atom stereocenters. The molecule has 18 heavy (non-hydrogen) atoms. The zero-order valence-corrected chi connectivity index (χ0v) is 12.2. The second-order valence-corrected chi connectivity index (χ2v) is 6.35. The third-order valence-corrected chi connectivity index (χ3v) is 5.14. The van der Waals surface area contributed by atoms with Crippen LogP contribution in [0.3, 0.4) is 0 Å². The van der Waals surface area contributed by atoms with Crippen molar-refractivity contribution >= 4 is 22.4 Å². The van der Waals surface area contributed by atoms with Crippen LogP contribution in [-0.4, -0.2) is 15.5 Å². The first-order chi connectivity index (χ1) is 8.51. The van der Waals surface area contributed by atoms with Crippen molar-refractivity contribution in [3.63, 3.8) is 0 Å². The van der Waals surface area contributed by atoms with Gasteiger partial charge in [0, 0.05) is 10.9 Å².